The fraction of sp³-hybridized carbons (Fsp3) is 0.278. The smallest absolute Gasteiger partial charge is 0.245 e. The predicted molar refractivity (Wildman–Crippen MR) is 101 cm³/mol. The van der Waals surface area contributed by atoms with Gasteiger partial charge >= 0.3 is 0 Å². The van der Waals surface area contributed by atoms with Gasteiger partial charge in [0.2, 0.25) is 15.9 Å². The standard InChI is InChI=1S/C18H22N2O5S/c1-4-26(22,23)20(15-8-10-16(24-2)11-9-15)13-18(21)19-14-6-5-7-17(12-14)25-3/h5-12H,4,13H2,1-3H3,(H,19,21). The number of amides is 1. The molecule has 8 heteroatoms. The molecule has 2 aromatic carbocycles. The van der Waals surface area contributed by atoms with Crippen molar-refractivity contribution >= 4 is 27.3 Å². The normalized spacial score (nSPS) is 10.9. The first kappa shape index (κ1) is 19.6. The third-order valence-corrected chi connectivity index (χ3v) is 5.44. The minimum atomic E-state index is -3.63. The molecule has 0 aromatic heterocycles. The van der Waals surface area contributed by atoms with Gasteiger partial charge in [-0.15, -0.1) is 0 Å². The fourth-order valence-corrected chi connectivity index (χ4v) is 3.35. The van der Waals surface area contributed by atoms with Crippen LogP contribution in [0.2, 0.25) is 0 Å². The molecule has 0 saturated carbocycles. The fourth-order valence-electron chi connectivity index (χ4n) is 2.29. The molecular formula is C18H22N2O5S. The molecule has 0 saturated heterocycles. The number of methoxy groups -OCH3 is 2. The van der Waals surface area contributed by atoms with Gasteiger partial charge in [-0.1, -0.05) is 6.07 Å². The molecule has 0 aliphatic carbocycles. The predicted octanol–water partition coefficient (Wildman–Crippen LogP) is 2.50. The number of nitrogens with one attached hydrogen (secondary N) is 1. The van der Waals surface area contributed by atoms with Crippen molar-refractivity contribution in [3.05, 3.63) is 48.5 Å². The van der Waals surface area contributed by atoms with E-state index in [0.29, 0.717) is 22.9 Å². The zero-order chi connectivity index (χ0) is 19.2. The van der Waals surface area contributed by atoms with Crippen LogP contribution in [-0.4, -0.2) is 40.8 Å². The Bertz CT molecular complexity index is 850. The van der Waals surface area contributed by atoms with Crippen LogP contribution in [0.3, 0.4) is 0 Å². The van der Waals surface area contributed by atoms with E-state index in [4.69, 9.17) is 9.47 Å². The molecule has 0 unspecified atom stereocenters. The Kier molecular flexibility index (Phi) is 6.46. The minimum absolute atomic E-state index is 0.120. The molecule has 1 N–H and O–H groups in total. The van der Waals surface area contributed by atoms with Gasteiger partial charge in [-0.2, -0.15) is 0 Å². The number of hydrogen-bond donors (Lipinski definition) is 1. The number of anilines is 2. The highest BCUT2D eigenvalue weighted by atomic mass is 32.2. The number of carbonyl (C=O) groups excluding carboxylic acids is 1. The molecular weight excluding hydrogens is 356 g/mol. The first-order valence-electron chi connectivity index (χ1n) is 7.98. The zero-order valence-corrected chi connectivity index (χ0v) is 15.7. The van der Waals surface area contributed by atoms with Gasteiger partial charge < -0.3 is 14.8 Å². The van der Waals surface area contributed by atoms with Gasteiger partial charge in [-0.25, -0.2) is 8.42 Å². The Morgan fingerprint density at radius 2 is 1.69 bits per heavy atom. The quantitative estimate of drug-likeness (QED) is 0.763. The Labute approximate surface area is 153 Å². The lowest BCUT2D eigenvalue weighted by Gasteiger charge is -2.23. The number of benzene rings is 2. The topological polar surface area (TPSA) is 84.9 Å². The van der Waals surface area contributed by atoms with E-state index in [1.807, 2.05) is 0 Å². The molecule has 0 aliphatic heterocycles. The molecule has 0 aliphatic rings. The first-order valence-corrected chi connectivity index (χ1v) is 9.59. The second kappa shape index (κ2) is 8.57. The van der Waals surface area contributed by atoms with Crippen molar-refractivity contribution in [3.63, 3.8) is 0 Å². The number of hydrogen-bond acceptors (Lipinski definition) is 5. The van der Waals surface area contributed by atoms with Gasteiger partial charge in [0.25, 0.3) is 0 Å². The van der Waals surface area contributed by atoms with Crippen LogP contribution in [0.15, 0.2) is 48.5 Å². The summed E-state index contributed by atoms with van der Waals surface area (Å²) in [6, 6.07) is 13.3. The molecule has 2 aromatic rings. The number of nitrogens with zero attached hydrogens (tertiary/aromatic N) is 1. The number of ether oxygens (including phenoxy) is 2. The number of carbonyl (C=O) groups is 1. The third kappa shape index (κ3) is 4.89. The van der Waals surface area contributed by atoms with Crippen molar-refractivity contribution in [3.8, 4) is 11.5 Å². The van der Waals surface area contributed by atoms with Crippen LogP contribution < -0.4 is 19.1 Å². The Morgan fingerprint density at radius 1 is 1.04 bits per heavy atom. The van der Waals surface area contributed by atoms with Crippen LogP contribution in [0, 0.1) is 0 Å². The lowest BCUT2D eigenvalue weighted by atomic mass is 10.3. The van der Waals surface area contributed by atoms with E-state index in [0.717, 1.165) is 4.31 Å². The lowest BCUT2D eigenvalue weighted by molar-refractivity contribution is -0.114. The second-order valence-electron chi connectivity index (χ2n) is 5.39. The molecule has 7 nitrogen and oxygen atoms in total. The van der Waals surface area contributed by atoms with Crippen LogP contribution in [0.4, 0.5) is 11.4 Å². The van der Waals surface area contributed by atoms with Crippen LogP contribution in [-0.2, 0) is 14.8 Å². The van der Waals surface area contributed by atoms with E-state index < -0.39 is 15.9 Å². The van der Waals surface area contributed by atoms with Gasteiger partial charge in [0, 0.05) is 11.8 Å². The van der Waals surface area contributed by atoms with Crippen molar-refractivity contribution < 1.29 is 22.7 Å². The summed E-state index contributed by atoms with van der Waals surface area (Å²) < 4.78 is 36.2. The highest BCUT2D eigenvalue weighted by Crippen LogP contribution is 2.22. The Hall–Kier alpha value is -2.74. The van der Waals surface area contributed by atoms with Crippen LogP contribution in [0.1, 0.15) is 6.92 Å². The highest BCUT2D eigenvalue weighted by molar-refractivity contribution is 7.92. The maximum Gasteiger partial charge on any atom is 0.245 e. The third-order valence-electron chi connectivity index (χ3n) is 3.70. The summed E-state index contributed by atoms with van der Waals surface area (Å²) in [5.74, 6) is 0.622. The van der Waals surface area contributed by atoms with E-state index in [-0.39, 0.29) is 12.3 Å². The molecule has 0 spiro atoms. The van der Waals surface area contributed by atoms with Gasteiger partial charge in [-0.05, 0) is 43.3 Å². The second-order valence-corrected chi connectivity index (χ2v) is 7.57. The summed E-state index contributed by atoms with van der Waals surface area (Å²) in [5, 5.41) is 2.69. The van der Waals surface area contributed by atoms with Crippen LogP contribution >= 0.6 is 0 Å². The highest BCUT2D eigenvalue weighted by Gasteiger charge is 2.23. The van der Waals surface area contributed by atoms with Crippen LogP contribution in [0.25, 0.3) is 0 Å². The molecule has 0 bridgehead atoms. The maximum atomic E-state index is 12.4. The van der Waals surface area contributed by atoms with E-state index in [2.05, 4.69) is 5.32 Å². The summed E-state index contributed by atoms with van der Waals surface area (Å²) in [5.41, 5.74) is 0.923. The molecule has 26 heavy (non-hydrogen) atoms. The summed E-state index contributed by atoms with van der Waals surface area (Å²) in [4.78, 5) is 12.4. The zero-order valence-electron chi connectivity index (χ0n) is 14.9. The first-order chi connectivity index (χ1) is 12.4. The molecule has 2 rings (SSSR count). The Morgan fingerprint density at radius 3 is 2.27 bits per heavy atom. The molecule has 140 valence electrons. The van der Waals surface area contributed by atoms with Crippen molar-refractivity contribution in [2.45, 2.75) is 6.92 Å². The summed E-state index contributed by atoms with van der Waals surface area (Å²) in [6.45, 7) is 1.20. The van der Waals surface area contributed by atoms with Crippen molar-refractivity contribution in [1.82, 2.24) is 0 Å². The monoisotopic (exact) mass is 378 g/mol. The van der Waals surface area contributed by atoms with Gasteiger partial charge in [0.1, 0.15) is 18.0 Å². The molecule has 0 fully saturated rings. The van der Waals surface area contributed by atoms with Crippen molar-refractivity contribution in [2.75, 3.05) is 36.1 Å². The van der Waals surface area contributed by atoms with Crippen molar-refractivity contribution in [2.24, 2.45) is 0 Å². The van der Waals surface area contributed by atoms with E-state index in [9.17, 15) is 13.2 Å². The lowest BCUT2D eigenvalue weighted by Crippen LogP contribution is -2.39. The van der Waals surface area contributed by atoms with E-state index >= 15 is 0 Å². The maximum absolute atomic E-state index is 12.4. The minimum Gasteiger partial charge on any atom is -0.497 e. The van der Waals surface area contributed by atoms with Crippen LogP contribution in [0.5, 0.6) is 11.5 Å². The molecule has 0 atom stereocenters. The van der Waals surface area contributed by atoms with Gasteiger partial charge in [0.05, 0.1) is 25.7 Å². The summed E-state index contributed by atoms with van der Waals surface area (Å²) in [7, 11) is -0.573. The number of sulfonamides is 1. The average Bonchev–Trinajstić information content (AvgIpc) is 2.66. The van der Waals surface area contributed by atoms with Gasteiger partial charge in [-0.3, -0.25) is 9.10 Å². The molecule has 0 heterocycles. The largest absolute Gasteiger partial charge is 0.497 e. The van der Waals surface area contributed by atoms with Gasteiger partial charge in [0.15, 0.2) is 0 Å². The SMILES string of the molecule is CCS(=O)(=O)N(CC(=O)Nc1cccc(OC)c1)c1ccc(OC)cc1. The van der Waals surface area contributed by atoms with Crippen molar-refractivity contribution in [1.29, 1.82) is 0 Å². The summed E-state index contributed by atoms with van der Waals surface area (Å²) in [6.07, 6.45) is 0. The average molecular weight is 378 g/mol. The molecule has 1 amide bonds. The van der Waals surface area contributed by atoms with E-state index in [1.54, 1.807) is 48.5 Å². The molecule has 0 radical (unpaired) electrons. The van der Waals surface area contributed by atoms with E-state index in [1.165, 1.54) is 21.1 Å². The Balaban J connectivity index is 2.21. The summed E-state index contributed by atoms with van der Waals surface area (Å²) >= 11 is 0. The number of rotatable bonds is 8.